The summed E-state index contributed by atoms with van der Waals surface area (Å²) in [6.45, 7) is 1.32. The van der Waals surface area contributed by atoms with E-state index in [0.29, 0.717) is 0 Å². The van der Waals surface area contributed by atoms with Crippen molar-refractivity contribution in [3.63, 3.8) is 0 Å². The van der Waals surface area contributed by atoms with Crippen LogP contribution < -0.4 is 0 Å². The van der Waals surface area contributed by atoms with Crippen LogP contribution in [0.15, 0.2) is 0 Å². The first kappa shape index (κ1) is 13.5. The van der Waals surface area contributed by atoms with E-state index in [0.717, 1.165) is 0 Å². The van der Waals surface area contributed by atoms with Gasteiger partial charge < -0.3 is 5.11 Å². The van der Waals surface area contributed by atoms with Gasteiger partial charge in [-0.2, -0.15) is 8.42 Å². The van der Waals surface area contributed by atoms with E-state index in [9.17, 15) is 8.42 Å². The van der Waals surface area contributed by atoms with Gasteiger partial charge in [0.1, 0.15) is 0 Å². The average molecular weight is 178 g/mol. The van der Waals surface area contributed by atoms with Crippen LogP contribution in [0.1, 0.15) is 6.92 Å². The molecule has 0 saturated carbocycles. The summed E-state index contributed by atoms with van der Waals surface area (Å²) >= 11 is 0. The summed E-state index contributed by atoms with van der Waals surface area (Å²) in [5.74, 6) is -0.319. The quantitative estimate of drug-likeness (QED) is 0.429. The molecule has 0 aliphatic carbocycles. The predicted molar refractivity (Wildman–Crippen MR) is 39.6 cm³/mol. The molecule has 0 atom stereocenters. The van der Waals surface area contributed by atoms with E-state index in [4.69, 9.17) is 5.11 Å². The van der Waals surface area contributed by atoms with Gasteiger partial charge in [-0.15, -0.1) is 0 Å². The van der Waals surface area contributed by atoms with E-state index in [1.54, 1.807) is 6.92 Å². The van der Waals surface area contributed by atoms with Gasteiger partial charge in [0.05, 0.1) is 19.0 Å². The summed E-state index contributed by atoms with van der Waals surface area (Å²) in [5.41, 5.74) is 0. The van der Waals surface area contributed by atoms with Gasteiger partial charge in [-0.1, -0.05) is 0 Å². The molecule has 0 spiro atoms. The van der Waals surface area contributed by atoms with Crippen LogP contribution in [0.2, 0.25) is 0 Å². The third-order valence-corrected chi connectivity index (χ3v) is 1.92. The van der Waals surface area contributed by atoms with Gasteiger partial charge in [0.2, 0.25) is 0 Å². The van der Waals surface area contributed by atoms with Crippen LogP contribution in [0, 0.1) is 0 Å². The Morgan fingerprint density at radius 2 is 2.00 bits per heavy atom. The fourth-order valence-corrected chi connectivity index (χ4v) is 1.05. The zero-order valence-corrected chi connectivity index (χ0v) is 6.02. The van der Waals surface area contributed by atoms with Crippen molar-refractivity contribution in [3.8, 4) is 0 Å². The minimum atomic E-state index is -3.43. The molecule has 0 unspecified atom stereocenters. The molecule has 0 aliphatic rings. The van der Waals surface area contributed by atoms with E-state index in [2.05, 4.69) is 4.18 Å². The number of aliphatic hydroxyl groups is 1. The Kier molecular flexibility index (Phi) is 8.85. The molecule has 0 aromatic carbocycles. The molecule has 0 aliphatic heterocycles. The molecule has 58 valence electrons. The average Bonchev–Trinajstić information content (AvgIpc) is 1.64. The first-order valence-corrected chi connectivity index (χ1v) is 4.18. The molecule has 10 heavy (non-hydrogen) atoms. The second-order valence-corrected chi connectivity index (χ2v) is 3.15. The molecule has 0 bridgehead atoms. The van der Waals surface area contributed by atoms with E-state index in [1.165, 1.54) is 0 Å². The van der Waals surface area contributed by atoms with E-state index >= 15 is 0 Å². The number of aliphatic hydroxyl groups excluding tert-OH is 1. The van der Waals surface area contributed by atoms with E-state index in [1.807, 2.05) is 0 Å². The van der Waals surface area contributed by atoms with Crippen molar-refractivity contribution in [2.45, 2.75) is 6.92 Å². The zero-order valence-electron chi connectivity index (χ0n) is 5.20. The monoisotopic (exact) mass is 178 g/mol. The van der Waals surface area contributed by atoms with Crippen LogP contribution in [-0.2, 0) is 14.3 Å². The third-order valence-electron chi connectivity index (χ3n) is 0.639. The Morgan fingerprint density at radius 1 is 1.50 bits per heavy atom. The standard InChI is InChI=1S/C4H10O4S.Na.H/c1-2-8-9(6,7)4-3-5;;/h5H,2-4H2,1H3;;. The zero-order chi connectivity index (χ0) is 7.33. The molecule has 1 N–H and O–H groups in total. The van der Waals surface area contributed by atoms with Crippen LogP contribution in [0.4, 0.5) is 0 Å². The molecule has 0 amide bonds. The molecule has 0 fully saturated rings. The fourth-order valence-electron chi connectivity index (χ4n) is 0.350. The van der Waals surface area contributed by atoms with Gasteiger partial charge in [0, 0.05) is 0 Å². The maximum absolute atomic E-state index is 10.4. The summed E-state index contributed by atoms with van der Waals surface area (Å²) < 4.78 is 25.2. The van der Waals surface area contributed by atoms with Gasteiger partial charge in [0.25, 0.3) is 10.1 Å². The first-order valence-electron chi connectivity index (χ1n) is 2.60. The molecule has 4 nitrogen and oxygen atoms in total. The molecule has 0 radical (unpaired) electrons. The number of rotatable bonds is 4. The van der Waals surface area contributed by atoms with Crippen LogP contribution in [0.25, 0.3) is 0 Å². The van der Waals surface area contributed by atoms with Crippen molar-refractivity contribution >= 4 is 39.7 Å². The minimum absolute atomic E-state index is 0. The van der Waals surface area contributed by atoms with Crippen molar-refractivity contribution in [2.24, 2.45) is 0 Å². The van der Waals surface area contributed by atoms with Crippen LogP contribution in [0.5, 0.6) is 0 Å². The number of hydrogen-bond donors (Lipinski definition) is 1. The van der Waals surface area contributed by atoms with Crippen molar-refractivity contribution < 1.29 is 17.7 Å². The third kappa shape index (κ3) is 6.98. The first-order chi connectivity index (χ1) is 4.12. The normalized spacial score (nSPS) is 10.6. The van der Waals surface area contributed by atoms with Crippen LogP contribution in [-0.4, -0.2) is 62.0 Å². The number of hydrogen-bond acceptors (Lipinski definition) is 4. The molecule has 6 heteroatoms. The van der Waals surface area contributed by atoms with Crippen LogP contribution >= 0.6 is 0 Å². The Morgan fingerprint density at radius 3 is 2.30 bits per heavy atom. The Hall–Kier alpha value is 0.870. The van der Waals surface area contributed by atoms with Gasteiger partial charge in [0.15, 0.2) is 0 Å². The van der Waals surface area contributed by atoms with Gasteiger partial charge in [-0.05, 0) is 6.92 Å². The van der Waals surface area contributed by atoms with Crippen molar-refractivity contribution in [1.29, 1.82) is 0 Å². The Balaban J connectivity index is 0. The van der Waals surface area contributed by atoms with Gasteiger partial charge in [-0.3, -0.25) is 4.18 Å². The van der Waals surface area contributed by atoms with Crippen molar-refractivity contribution in [1.82, 2.24) is 0 Å². The maximum atomic E-state index is 10.4. The van der Waals surface area contributed by atoms with Crippen molar-refractivity contribution in [3.05, 3.63) is 0 Å². The summed E-state index contributed by atoms with van der Waals surface area (Å²) in [6, 6.07) is 0. The summed E-state index contributed by atoms with van der Waals surface area (Å²) in [5, 5.41) is 8.17. The molecular weight excluding hydrogens is 167 g/mol. The summed E-state index contributed by atoms with van der Waals surface area (Å²) in [6.07, 6.45) is 0. The SMILES string of the molecule is CCOS(=O)(=O)CCO.[NaH]. The molecule has 0 saturated heterocycles. The molecule has 0 aromatic heterocycles. The summed E-state index contributed by atoms with van der Waals surface area (Å²) in [7, 11) is -3.43. The molecular formula is C4H11NaO4S. The van der Waals surface area contributed by atoms with Crippen LogP contribution in [0.3, 0.4) is 0 Å². The Labute approximate surface area is 83.0 Å². The van der Waals surface area contributed by atoms with E-state index in [-0.39, 0.29) is 48.5 Å². The second-order valence-electron chi connectivity index (χ2n) is 1.39. The van der Waals surface area contributed by atoms with E-state index < -0.39 is 10.1 Å². The van der Waals surface area contributed by atoms with Gasteiger partial charge in [-0.25, -0.2) is 0 Å². The topological polar surface area (TPSA) is 63.6 Å². The molecule has 0 heterocycles. The Bertz CT molecular complexity index is 141. The predicted octanol–water partition coefficient (Wildman–Crippen LogP) is -1.30. The molecule has 0 rings (SSSR count). The molecule has 0 aromatic rings. The van der Waals surface area contributed by atoms with Gasteiger partial charge >= 0.3 is 29.6 Å². The summed E-state index contributed by atoms with van der Waals surface area (Å²) in [4.78, 5) is 0. The van der Waals surface area contributed by atoms with Crippen molar-refractivity contribution in [2.75, 3.05) is 19.0 Å². The fraction of sp³-hybridized carbons (Fsp3) is 1.00. The second kappa shape index (κ2) is 6.57.